The van der Waals surface area contributed by atoms with Crippen molar-refractivity contribution in [2.24, 2.45) is 0 Å². The summed E-state index contributed by atoms with van der Waals surface area (Å²) in [6.45, 7) is 12.3. The number of rotatable bonds is 4. The molecule has 0 saturated carbocycles. The fourth-order valence-corrected chi connectivity index (χ4v) is 0.865. The molecule has 0 aliphatic heterocycles. The van der Waals surface area contributed by atoms with Crippen molar-refractivity contribution in [2.45, 2.75) is 34.1 Å². The van der Waals surface area contributed by atoms with Crippen LogP contribution in [0.15, 0.2) is 47.6 Å². The second kappa shape index (κ2) is 6.47. The molecule has 0 fully saturated rings. The van der Waals surface area contributed by atoms with Gasteiger partial charge in [-0.15, -0.1) is 0 Å². The van der Waals surface area contributed by atoms with Crippen LogP contribution >= 0.6 is 0 Å². The molecule has 0 aromatic carbocycles. The van der Waals surface area contributed by atoms with Crippen LogP contribution in [-0.2, 0) is 0 Å². The van der Waals surface area contributed by atoms with Gasteiger partial charge in [-0.3, -0.25) is 0 Å². The largest absolute Gasteiger partial charge is 0.0955 e. The monoisotopic (exact) mass is 176 g/mol. The van der Waals surface area contributed by atoms with Crippen molar-refractivity contribution in [1.82, 2.24) is 0 Å². The standard InChI is InChI=1S/C13H20/c1-6-11(3)8-9-13(5)10-12(4)7-2/h6-9H,5,10H2,1-4H3/b9-8-,11-6-,12-7+. The summed E-state index contributed by atoms with van der Waals surface area (Å²) in [4.78, 5) is 0. The van der Waals surface area contributed by atoms with Gasteiger partial charge >= 0.3 is 0 Å². The summed E-state index contributed by atoms with van der Waals surface area (Å²) in [5.74, 6) is 0. The molecule has 0 heteroatoms. The van der Waals surface area contributed by atoms with Gasteiger partial charge in [-0.2, -0.15) is 0 Å². The highest BCUT2D eigenvalue weighted by atomic mass is 14.0. The van der Waals surface area contributed by atoms with Crippen LogP contribution in [0.5, 0.6) is 0 Å². The molecule has 0 rings (SSSR count). The Morgan fingerprint density at radius 3 is 2.15 bits per heavy atom. The van der Waals surface area contributed by atoms with E-state index in [0.717, 1.165) is 12.0 Å². The number of hydrogen-bond acceptors (Lipinski definition) is 0. The fraction of sp³-hybridized carbons (Fsp3) is 0.385. The lowest BCUT2D eigenvalue weighted by Gasteiger charge is -1.99. The van der Waals surface area contributed by atoms with Crippen LogP contribution in [0.3, 0.4) is 0 Å². The van der Waals surface area contributed by atoms with Gasteiger partial charge in [0.1, 0.15) is 0 Å². The van der Waals surface area contributed by atoms with E-state index < -0.39 is 0 Å². The molecule has 0 spiro atoms. The van der Waals surface area contributed by atoms with Gasteiger partial charge in [0.05, 0.1) is 0 Å². The Kier molecular flexibility index (Phi) is 5.96. The summed E-state index contributed by atoms with van der Waals surface area (Å²) in [7, 11) is 0. The van der Waals surface area contributed by atoms with Gasteiger partial charge in [0, 0.05) is 0 Å². The van der Waals surface area contributed by atoms with Crippen LogP contribution < -0.4 is 0 Å². The second-order valence-electron chi connectivity index (χ2n) is 3.34. The van der Waals surface area contributed by atoms with Crippen LogP contribution in [0.2, 0.25) is 0 Å². The van der Waals surface area contributed by atoms with Gasteiger partial charge in [0.15, 0.2) is 0 Å². The normalized spacial score (nSPS) is 13.8. The Labute approximate surface area is 82.4 Å². The van der Waals surface area contributed by atoms with Crippen molar-refractivity contribution >= 4 is 0 Å². The van der Waals surface area contributed by atoms with Crippen LogP contribution in [0.25, 0.3) is 0 Å². The van der Waals surface area contributed by atoms with E-state index in [1.54, 1.807) is 0 Å². The molecule has 0 aromatic rings. The van der Waals surface area contributed by atoms with E-state index >= 15 is 0 Å². The van der Waals surface area contributed by atoms with E-state index in [-0.39, 0.29) is 0 Å². The molecule has 0 aliphatic carbocycles. The van der Waals surface area contributed by atoms with Crippen molar-refractivity contribution in [3.8, 4) is 0 Å². The van der Waals surface area contributed by atoms with Crippen molar-refractivity contribution in [2.75, 3.05) is 0 Å². The van der Waals surface area contributed by atoms with Gasteiger partial charge in [0.2, 0.25) is 0 Å². The Morgan fingerprint density at radius 1 is 1.08 bits per heavy atom. The number of allylic oxidation sites excluding steroid dienone is 7. The Bertz CT molecular complexity index is 249. The zero-order valence-corrected chi connectivity index (χ0v) is 9.22. The van der Waals surface area contributed by atoms with Gasteiger partial charge in [0.25, 0.3) is 0 Å². The van der Waals surface area contributed by atoms with Crippen molar-refractivity contribution in [3.63, 3.8) is 0 Å². The average Bonchev–Trinajstić information content (AvgIpc) is 2.13. The summed E-state index contributed by atoms with van der Waals surface area (Å²) in [6, 6.07) is 0. The first-order chi connectivity index (χ1) is 6.10. The Balaban J connectivity index is 4.10. The van der Waals surface area contributed by atoms with Crippen molar-refractivity contribution < 1.29 is 0 Å². The first-order valence-electron chi connectivity index (χ1n) is 4.70. The van der Waals surface area contributed by atoms with E-state index in [4.69, 9.17) is 0 Å². The van der Waals surface area contributed by atoms with Crippen LogP contribution in [0.1, 0.15) is 34.1 Å². The molecule has 13 heavy (non-hydrogen) atoms. The van der Waals surface area contributed by atoms with E-state index in [9.17, 15) is 0 Å². The van der Waals surface area contributed by atoms with Gasteiger partial charge < -0.3 is 0 Å². The third-order valence-electron chi connectivity index (χ3n) is 2.04. The minimum absolute atomic E-state index is 0.976. The van der Waals surface area contributed by atoms with Crippen LogP contribution in [-0.4, -0.2) is 0 Å². The zero-order valence-electron chi connectivity index (χ0n) is 9.22. The van der Waals surface area contributed by atoms with Gasteiger partial charge in [-0.1, -0.05) is 47.6 Å². The highest BCUT2D eigenvalue weighted by Crippen LogP contribution is 2.10. The lowest BCUT2D eigenvalue weighted by Crippen LogP contribution is -1.79. The van der Waals surface area contributed by atoms with E-state index in [0.29, 0.717) is 0 Å². The molecule has 0 aromatic heterocycles. The SMILES string of the molecule is C=C(/C=C\C(C)=C/C)C/C(C)=C/C. The summed E-state index contributed by atoms with van der Waals surface area (Å²) in [6.07, 6.45) is 9.38. The number of hydrogen-bond donors (Lipinski definition) is 0. The average molecular weight is 176 g/mol. The maximum atomic E-state index is 3.99. The first-order valence-corrected chi connectivity index (χ1v) is 4.70. The maximum absolute atomic E-state index is 3.99. The second-order valence-corrected chi connectivity index (χ2v) is 3.34. The van der Waals surface area contributed by atoms with Crippen LogP contribution in [0, 0.1) is 0 Å². The first kappa shape index (κ1) is 12.0. The molecule has 0 unspecified atom stereocenters. The molecular weight excluding hydrogens is 156 g/mol. The molecule has 0 heterocycles. The lowest BCUT2D eigenvalue weighted by atomic mass is 10.1. The smallest absolute Gasteiger partial charge is 0.00759 e. The van der Waals surface area contributed by atoms with Crippen molar-refractivity contribution in [1.29, 1.82) is 0 Å². The third-order valence-corrected chi connectivity index (χ3v) is 2.04. The van der Waals surface area contributed by atoms with E-state index in [1.165, 1.54) is 11.1 Å². The third kappa shape index (κ3) is 6.15. The highest BCUT2D eigenvalue weighted by Gasteiger charge is 1.90. The summed E-state index contributed by atoms with van der Waals surface area (Å²) in [5.41, 5.74) is 3.81. The lowest BCUT2D eigenvalue weighted by molar-refractivity contribution is 1.15. The minimum Gasteiger partial charge on any atom is -0.0955 e. The molecule has 0 nitrogen and oxygen atoms in total. The molecule has 0 aliphatic rings. The maximum Gasteiger partial charge on any atom is -0.00759 e. The predicted octanol–water partition coefficient (Wildman–Crippen LogP) is 4.42. The van der Waals surface area contributed by atoms with Crippen molar-refractivity contribution in [3.05, 3.63) is 47.6 Å². The molecule has 0 amide bonds. The van der Waals surface area contributed by atoms with Gasteiger partial charge in [-0.25, -0.2) is 0 Å². The molecular formula is C13H20. The van der Waals surface area contributed by atoms with E-state index in [1.807, 2.05) is 6.92 Å². The molecule has 0 N–H and O–H groups in total. The Hall–Kier alpha value is -1.04. The topological polar surface area (TPSA) is 0 Å². The highest BCUT2D eigenvalue weighted by molar-refractivity contribution is 5.27. The summed E-state index contributed by atoms with van der Waals surface area (Å²) >= 11 is 0. The molecule has 72 valence electrons. The quantitative estimate of drug-likeness (QED) is 0.439. The summed E-state index contributed by atoms with van der Waals surface area (Å²) < 4.78 is 0. The van der Waals surface area contributed by atoms with Gasteiger partial charge in [-0.05, 0) is 34.1 Å². The predicted molar refractivity (Wildman–Crippen MR) is 61.8 cm³/mol. The molecule has 0 bridgehead atoms. The minimum atomic E-state index is 0.976. The molecule has 0 atom stereocenters. The molecule has 0 saturated heterocycles. The zero-order chi connectivity index (χ0) is 10.3. The Morgan fingerprint density at radius 2 is 1.69 bits per heavy atom. The molecule has 0 radical (unpaired) electrons. The van der Waals surface area contributed by atoms with Crippen LogP contribution in [0.4, 0.5) is 0 Å². The summed E-state index contributed by atoms with van der Waals surface area (Å²) in [5, 5.41) is 0. The van der Waals surface area contributed by atoms with E-state index in [2.05, 4.69) is 51.7 Å². The fourth-order valence-electron chi connectivity index (χ4n) is 0.865.